The minimum Gasteiger partial charge on any atom is -0.494 e. The molecule has 1 rings (SSSR count). The van der Waals surface area contributed by atoms with E-state index in [-0.39, 0.29) is 17.6 Å². The lowest BCUT2D eigenvalue weighted by molar-refractivity contribution is 0.289. The number of methoxy groups -OCH3 is 1. The summed E-state index contributed by atoms with van der Waals surface area (Å²) in [7, 11) is 1.46. The number of hydrogen-bond donors (Lipinski definition) is 1. The Morgan fingerprint density at radius 1 is 1.33 bits per heavy atom. The largest absolute Gasteiger partial charge is 0.494 e. The van der Waals surface area contributed by atoms with Crippen molar-refractivity contribution in [2.75, 3.05) is 26.7 Å². The highest BCUT2D eigenvalue weighted by Crippen LogP contribution is 2.25. The Kier molecular flexibility index (Phi) is 6.09. The van der Waals surface area contributed by atoms with Gasteiger partial charge in [0.25, 0.3) is 0 Å². The Bertz CT molecular complexity index is 367. The summed E-state index contributed by atoms with van der Waals surface area (Å²) in [5, 5.41) is 0. The molecule has 0 saturated carbocycles. The van der Waals surface area contributed by atoms with E-state index in [1.807, 2.05) is 0 Å². The molecule has 18 heavy (non-hydrogen) atoms. The van der Waals surface area contributed by atoms with Gasteiger partial charge in [-0.2, -0.15) is 0 Å². The zero-order chi connectivity index (χ0) is 13.5. The fourth-order valence-electron chi connectivity index (χ4n) is 1.99. The number of hydrogen-bond acceptors (Lipinski definition) is 3. The van der Waals surface area contributed by atoms with Gasteiger partial charge in [0.2, 0.25) is 0 Å². The van der Waals surface area contributed by atoms with Crippen LogP contribution in [-0.2, 0) is 0 Å². The Labute approximate surface area is 109 Å². The molecule has 102 valence electrons. The predicted octanol–water partition coefficient (Wildman–Crippen LogP) is 2.57. The van der Waals surface area contributed by atoms with Gasteiger partial charge in [0, 0.05) is 11.6 Å². The first-order valence-electron chi connectivity index (χ1n) is 6.44. The van der Waals surface area contributed by atoms with Crippen molar-refractivity contribution in [3.63, 3.8) is 0 Å². The highest BCUT2D eigenvalue weighted by Gasteiger charge is 2.15. The van der Waals surface area contributed by atoms with Gasteiger partial charge in [0.05, 0.1) is 7.11 Å². The zero-order valence-corrected chi connectivity index (χ0v) is 11.4. The van der Waals surface area contributed by atoms with Crippen LogP contribution in [-0.4, -0.2) is 31.6 Å². The maximum Gasteiger partial charge on any atom is 0.169 e. The quantitative estimate of drug-likeness (QED) is 0.812. The lowest BCUT2D eigenvalue weighted by Crippen LogP contribution is -2.27. The van der Waals surface area contributed by atoms with Crippen LogP contribution in [0, 0.1) is 5.82 Å². The molecule has 0 aliphatic rings. The van der Waals surface area contributed by atoms with Crippen molar-refractivity contribution in [2.45, 2.75) is 26.3 Å². The molecule has 0 spiro atoms. The summed E-state index contributed by atoms with van der Waals surface area (Å²) in [5.74, 6) is -0.0853. The first-order chi connectivity index (χ1) is 8.63. The van der Waals surface area contributed by atoms with E-state index >= 15 is 0 Å². The number of nitrogens with zero attached hydrogens (tertiary/aromatic N) is 1. The molecule has 0 heterocycles. The van der Waals surface area contributed by atoms with E-state index in [0.717, 1.165) is 26.1 Å². The summed E-state index contributed by atoms with van der Waals surface area (Å²) in [5.41, 5.74) is 6.58. The monoisotopic (exact) mass is 254 g/mol. The summed E-state index contributed by atoms with van der Waals surface area (Å²) in [6.07, 6.45) is 0.742. The standard InChI is InChI=1S/C14H23FN2O/c1-4-17(5-2)10-9-12(16)11-7-6-8-13(18-3)14(11)15/h6-8,12H,4-5,9-10,16H2,1-3H3. The summed E-state index contributed by atoms with van der Waals surface area (Å²) in [4.78, 5) is 2.28. The fourth-order valence-corrected chi connectivity index (χ4v) is 1.99. The Morgan fingerprint density at radius 2 is 2.00 bits per heavy atom. The predicted molar refractivity (Wildman–Crippen MR) is 72.3 cm³/mol. The van der Waals surface area contributed by atoms with Gasteiger partial charge >= 0.3 is 0 Å². The molecule has 2 N–H and O–H groups in total. The van der Waals surface area contributed by atoms with Crippen LogP contribution in [0.1, 0.15) is 31.9 Å². The topological polar surface area (TPSA) is 38.5 Å². The highest BCUT2D eigenvalue weighted by molar-refractivity contribution is 5.32. The summed E-state index contributed by atoms with van der Waals surface area (Å²) < 4.78 is 19.0. The van der Waals surface area contributed by atoms with Gasteiger partial charge in [0.1, 0.15) is 0 Å². The SMILES string of the molecule is CCN(CC)CCC(N)c1cccc(OC)c1F. The smallest absolute Gasteiger partial charge is 0.169 e. The second-order valence-electron chi connectivity index (χ2n) is 4.29. The summed E-state index contributed by atoms with van der Waals surface area (Å²) in [6, 6.07) is 4.82. The van der Waals surface area contributed by atoms with E-state index in [1.165, 1.54) is 7.11 Å². The minimum absolute atomic E-state index is 0.255. The fraction of sp³-hybridized carbons (Fsp3) is 0.571. The van der Waals surface area contributed by atoms with E-state index in [9.17, 15) is 4.39 Å². The Hall–Kier alpha value is -1.13. The first-order valence-corrected chi connectivity index (χ1v) is 6.44. The molecule has 3 nitrogen and oxygen atoms in total. The minimum atomic E-state index is -0.341. The van der Waals surface area contributed by atoms with Gasteiger partial charge in [-0.15, -0.1) is 0 Å². The molecule has 1 aromatic rings. The molecule has 0 bridgehead atoms. The second-order valence-corrected chi connectivity index (χ2v) is 4.29. The molecule has 1 unspecified atom stereocenters. The van der Waals surface area contributed by atoms with E-state index in [1.54, 1.807) is 18.2 Å². The number of ether oxygens (including phenoxy) is 1. The van der Waals surface area contributed by atoms with Gasteiger partial charge in [0.15, 0.2) is 11.6 Å². The zero-order valence-electron chi connectivity index (χ0n) is 11.4. The van der Waals surface area contributed by atoms with Crippen LogP contribution in [0.4, 0.5) is 4.39 Å². The molecule has 0 aliphatic heterocycles. The van der Waals surface area contributed by atoms with Crippen LogP contribution in [0.5, 0.6) is 5.75 Å². The normalized spacial score (nSPS) is 12.8. The molecule has 0 amide bonds. The molecule has 0 fully saturated rings. The number of rotatable bonds is 7. The van der Waals surface area contributed by atoms with Crippen LogP contribution in [0.15, 0.2) is 18.2 Å². The highest BCUT2D eigenvalue weighted by atomic mass is 19.1. The van der Waals surface area contributed by atoms with E-state index in [4.69, 9.17) is 10.5 Å². The first kappa shape index (κ1) is 14.9. The number of halogens is 1. The molecule has 0 aromatic heterocycles. The summed E-state index contributed by atoms with van der Waals surface area (Å²) in [6.45, 7) is 7.08. The third-order valence-electron chi connectivity index (χ3n) is 3.26. The molecular weight excluding hydrogens is 231 g/mol. The molecule has 4 heteroatoms. The van der Waals surface area contributed by atoms with E-state index in [2.05, 4.69) is 18.7 Å². The lowest BCUT2D eigenvalue weighted by Gasteiger charge is -2.21. The molecule has 0 aliphatic carbocycles. The molecule has 1 aromatic carbocycles. The second kappa shape index (κ2) is 7.34. The van der Waals surface area contributed by atoms with Gasteiger partial charge in [-0.05, 0) is 32.1 Å². The van der Waals surface area contributed by atoms with Crippen LogP contribution < -0.4 is 10.5 Å². The lowest BCUT2D eigenvalue weighted by atomic mass is 10.0. The molecular formula is C14H23FN2O. The van der Waals surface area contributed by atoms with Crippen molar-refractivity contribution >= 4 is 0 Å². The number of benzene rings is 1. The Morgan fingerprint density at radius 3 is 2.56 bits per heavy atom. The summed E-state index contributed by atoms with van der Waals surface area (Å²) >= 11 is 0. The van der Waals surface area contributed by atoms with Crippen molar-refractivity contribution in [1.29, 1.82) is 0 Å². The molecule has 0 saturated heterocycles. The Balaban J connectivity index is 2.69. The van der Waals surface area contributed by atoms with Crippen LogP contribution in [0.3, 0.4) is 0 Å². The average molecular weight is 254 g/mol. The maximum atomic E-state index is 14.0. The van der Waals surface area contributed by atoms with E-state index < -0.39 is 0 Å². The third kappa shape index (κ3) is 3.68. The van der Waals surface area contributed by atoms with Crippen LogP contribution in [0.2, 0.25) is 0 Å². The maximum absolute atomic E-state index is 14.0. The van der Waals surface area contributed by atoms with Crippen molar-refractivity contribution in [3.8, 4) is 5.75 Å². The average Bonchev–Trinajstić information content (AvgIpc) is 2.40. The van der Waals surface area contributed by atoms with Gasteiger partial charge in [-0.1, -0.05) is 26.0 Å². The third-order valence-corrected chi connectivity index (χ3v) is 3.26. The van der Waals surface area contributed by atoms with Crippen molar-refractivity contribution in [3.05, 3.63) is 29.6 Å². The molecule has 1 atom stereocenters. The van der Waals surface area contributed by atoms with Gasteiger partial charge < -0.3 is 15.4 Å². The van der Waals surface area contributed by atoms with Crippen LogP contribution >= 0.6 is 0 Å². The van der Waals surface area contributed by atoms with Crippen LogP contribution in [0.25, 0.3) is 0 Å². The number of nitrogens with two attached hydrogens (primary N) is 1. The van der Waals surface area contributed by atoms with Gasteiger partial charge in [-0.3, -0.25) is 0 Å². The van der Waals surface area contributed by atoms with Crippen molar-refractivity contribution in [2.24, 2.45) is 5.73 Å². The molecule has 0 radical (unpaired) electrons. The van der Waals surface area contributed by atoms with Crippen molar-refractivity contribution in [1.82, 2.24) is 4.90 Å². The van der Waals surface area contributed by atoms with Gasteiger partial charge in [-0.25, -0.2) is 4.39 Å². The van der Waals surface area contributed by atoms with Crippen molar-refractivity contribution < 1.29 is 9.13 Å². The van der Waals surface area contributed by atoms with E-state index in [0.29, 0.717) is 5.56 Å².